The molecule has 4 N–H and O–H groups in total. The maximum atomic E-state index is 11.9. The number of rotatable bonds is 4. The first-order valence-electron chi connectivity index (χ1n) is 13.9. The molecule has 4 aliphatic carbocycles. The highest BCUT2D eigenvalue weighted by Gasteiger charge is 2.73. The average Bonchev–Trinajstić information content (AvgIpc) is 3.09. The SMILES string of the molecule is CC(C)=CCC[C@](C)(O)[C@H]1CC[C@]2(C)[C@@H]1[C@H](O)[C@@H](O)[C@@H]1[C@@]3(C)CC[C@@H](O)C(C)(C)[C@@H]3CC[C@]12C. The van der Waals surface area contributed by atoms with Crippen molar-refractivity contribution in [2.24, 2.45) is 45.3 Å². The highest BCUT2D eigenvalue weighted by molar-refractivity contribution is 5.22. The fourth-order valence-corrected chi connectivity index (χ4v) is 10.4. The van der Waals surface area contributed by atoms with Crippen molar-refractivity contribution in [1.29, 1.82) is 0 Å². The second-order valence-electron chi connectivity index (χ2n) is 14.6. The van der Waals surface area contributed by atoms with Gasteiger partial charge in [-0.1, -0.05) is 46.3 Å². The van der Waals surface area contributed by atoms with Gasteiger partial charge < -0.3 is 20.4 Å². The molecule has 196 valence electrons. The van der Waals surface area contributed by atoms with Gasteiger partial charge in [-0.3, -0.25) is 0 Å². The minimum atomic E-state index is -0.865. The van der Waals surface area contributed by atoms with Crippen LogP contribution >= 0.6 is 0 Å². The van der Waals surface area contributed by atoms with E-state index in [0.717, 1.165) is 44.9 Å². The number of fused-ring (bicyclic) bond motifs is 5. The molecular formula is C30H52O4. The van der Waals surface area contributed by atoms with E-state index in [-0.39, 0.29) is 45.5 Å². The summed E-state index contributed by atoms with van der Waals surface area (Å²) >= 11 is 0. The Morgan fingerprint density at radius 1 is 0.882 bits per heavy atom. The minimum absolute atomic E-state index is 0.00357. The first-order chi connectivity index (χ1) is 15.5. The predicted octanol–water partition coefficient (Wildman–Crippen LogP) is 5.47. The molecule has 0 saturated heterocycles. The van der Waals surface area contributed by atoms with Crippen molar-refractivity contribution < 1.29 is 20.4 Å². The standard InChI is InChI=1S/C30H52O4/c1-18(2)10-9-14-30(8,34)19-11-16-28(6)22(19)23(32)24(33)25-27(5)15-13-21(31)26(3,4)20(27)12-17-29(25,28)7/h10,19-25,31-34H,9,11-17H2,1-8H3/t19-,20-,21+,22-,23-,24+,25+,27-,28+,29+,30-/m0/s1. The summed E-state index contributed by atoms with van der Waals surface area (Å²) in [5.74, 6) is 0.206. The zero-order valence-corrected chi connectivity index (χ0v) is 23.1. The fourth-order valence-electron chi connectivity index (χ4n) is 10.4. The number of hydrogen-bond acceptors (Lipinski definition) is 4. The Bertz CT molecular complexity index is 813. The summed E-state index contributed by atoms with van der Waals surface area (Å²) < 4.78 is 0. The fraction of sp³-hybridized carbons (Fsp3) is 0.933. The second kappa shape index (κ2) is 8.30. The molecule has 0 bridgehead atoms. The van der Waals surface area contributed by atoms with E-state index in [1.54, 1.807) is 0 Å². The van der Waals surface area contributed by atoms with Crippen LogP contribution in [0.25, 0.3) is 0 Å². The van der Waals surface area contributed by atoms with E-state index in [4.69, 9.17) is 0 Å². The van der Waals surface area contributed by atoms with Gasteiger partial charge in [0.1, 0.15) is 0 Å². The van der Waals surface area contributed by atoms with Crippen LogP contribution in [-0.4, -0.2) is 44.3 Å². The van der Waals surface area contributed by atoms with Gasteiger partial charge in [-0.25, -0.2) is 0 Å². The Kier molecular flexibility index (Phi) is 6.50. The van der Waals surface area contributed by atoms with E-state index in [9.17, 15) is 20.4 Å². The van der Waals surface area contributed by atoms with Gasteiger partial charge >= 0.3 is 0 Å². The highest BCUT2D eigenvalue weighted by atomic mass is 16.3. The number of allylic oxidation sites excluding steroid dienone is 2. The molecule has 0 aromatic carbocycles. The van der Waals surface area contributed by atoms with E-state index >= 15 is 0 Å². The molecule has 11 atom stereocenters. The summed E-state index contributed by atoms with van der Waals surface area (Å²) in [5.41, 5.74) is -0.143. The molecule has 4 rings (SSSR count). The summed E-state index contributed by atoms with van der Waals surface area (Å²) in [6.45, 7) is 17.6. The molecule has 0 aromatic heterocycles. The molecule has 0 heterocycles. The van der Waals surface area contributed by atoms with Crippen molar-refractivity contribution in [2.75, 3.05) is 0 Å². The summed E-state index contributed by atoms with van der Waals surface area (Å²) in [6.07, 6.45) is 7.40. The van der Waals surface area contributed by atoms with Crippen molar-refractivity contribution in [3.8, 4) is 0 Å². The topological polar surface area (TPSA) is 80.9 Å². The molecule has 0 unspecified atom stereocenters. The minimum Gasteiger partial charge on any atom is -0.393 e. The molecule has 0 radical (unpaired) electrons. The normalized spacial score (nSPS) is 51.6. The molecule has 0 aromatic rings. The van der Waals surface area contributed by atoms with Crippen LogP contribution in [0.3, 0.4) is 0 Å². The zero-order chi connectivity index (χ0) is 25.5. The van der Waals surface area contributed by atoms with Gasteiger partial charge in [0.2, 0.25) is 0 Å². The molecule has 4 fully saturated rings. The highest BCUT2D eigenvalue weighted by Crippen LogP contribution is 2.75. The average molecular weight is 477 g/mol. The Labute approximate surface area is 208 Å². The molecule has 0 aliphatic heterocycles. The van der Waals surface area contributed by atoms with Gasteiger partial charge in [0.05, 0.1) is 23.9 Å². The third-order valence-electron chi connectivity index (χ3n) is 12.4. The number of hydrogen-bond donors (Lipinski definition) is 4. The van der Waals surface area contributed by atoms with Gasteiger partial charge in [-0.15, -0.1) is 0 Å². The van der Waals surface area contributed by atoms with E-state index in [1.165, 1.54) is 5.57 Å². The summed E-state index contributed by atoms with van der Waals surface area (Å²) in [4.78, 5) is 0. The van der Waals surface area contributed by atoms with Gasteiger partial charge in [0.25, 0.3) is 0 Å². The van der Waals surface area contributed by atoms with Gasteiger partial charge in [-0.05, 0) is 117 Å². The maximum Gasteiger partial charge on any atom is 0.0840 e. The van der Waals surface area contributed by atoms with Gasteiger partial charge in [-0.2, -0.15) is 0 Å². The van der Waals surface area contributed by atoms with Crippen LogP contribution in [0.5, 0.6) is 0 Å². The summed E-state index contributed by atoms with van der Waals surface area (Å²) in [7, 11) is 0. The van der Waals surface area contributed by atoms with Crippen molar-refractivity contribution in [3.05, 3.63) is 11.6 Å². The van der Waals surface area contributed by atoms with E-state index in [0.29, 0.717) is 12.3 Å². The zero-order valence-electron chi connectivity index (χ0n) is 23.1. The second-order valence-corrected chi connectivity index (χ2v) is 14.6. The largest absolute Gasteiger partial charge is 0.393 e. The number of aliphatic hydroxyl groups excluding tert-OH is 3. The van der Waals surface area contributed by atoms with Crippen molar-refractivity contribution in [1.82, 2.24) is 0 Å². The Balaban J connectivity index is 1.71. The van der Waals surface area contributed by atoms with E-state index in [2.05, 4.69) is 54.5 Å². The third-order valence-corrected chi connectivity index (χ3v) is 12.4. The summed E-state index contributed by atoms with van der Waals surface area (Å²) in [5, 5.41) is 46.2. The van der Waals surface area contributed by atoms with E-state index in [1.807, 2.05) is 6.92 Å². The molecule has 4 aliphatic rings. The Morgan fingerprint density at radius 3 is 2.12 bits per heavy atom. The van der Waals surface area contributed by atoms with Crippen LogP contribution in [0.1, 0.15) is 107 Å². The van der Waals surface area contributed by atoms with Crippen LogP contribution in [0, 0.1) is 45.3 Å². The molecule has 4 nitrogen and oxygen atoms in total. The molecule has 0 amide bonds. The van der Waals surface area contributed by atoms with Crippen LogP contribution in [0.15, 0.2) is 11.6 Å². The lowest BCUT2D eigenvalue weighted by Crippen LogP contribution is -2.71. The lowest BCUT2D eigenvalue weighted by Gasteiger charge is -2.71. The first kappa shape index (κ1) is 26.6. The van der Waals surface area contributed by atoms with Crippen LogP contribution in [0.2, 0.25) is 0 Å². The number of aliphatic hydroxyl groups is 4. The van der Waals surface area contributed by atoms with Gasteiger partial charge in [0.15, 0.2) is 0 Å². The van der Waals surface area contributed by atoms with Crippen molar-refractivity contribution in [2.45, 2.75) is 131 Å². The van der Waals surface area contributed by atoms with Crippen molar-refractivity contribution in [3.63, 3.8) is 0 Å². The Morgan fingerprint density at radius 2 is 1.50 bits per heavy atom. The molecular weight excluding hydrogens is 424 g/mol. The maximum absolute atomic E-state index is 11.9. The quantitative estimate of drug-likeness (QED) is 0.406. The van der Waals surface area contributed by atoms with Crippen LogP contribution < -0.4 is 0 Å². The smallest absolute Gasteiger partial charge is 0.0840 e. The monoisotopic (exact) mass is 476 g/mol. The molecule has 0 spiro atoms. The Hall–Kier alpha value is -0.420. The van der Waals surface area contributed by atoms with E-state index < -0.39 is 17.8 Å². The van der Waals surface area contributed by atoms with Gasteiger partial charge in [0, 0.05) is 0 Å². The molecule has 34 heavy (non-hydrogen) atoms. The van der Waals surface area contributed by atoms with Crippen molar-refractivity contribution >= 4 is 0 Å². The van der Waals surface area contributed by atoms with Crippen LogP contribution in [0.4, 0.5) is 0 Å². The summed E-state index contributed by atoms with van der Waals surface area (Å²) in [6, 6.07) is 0. The first-order valence-corrected chi connectivity index (χ1v) is 13.9. The predicted molar refractivity (Wildman–Crippen MR) is 137 cm³/mol. The third kappa shape index (κ3) is 3.52. The van der Waals surface area contributed by atoms with Crippen LogP contribution in [-0.2, 0) is 0 Å². The molecule has 4 heteroatoms. The lowest BCUT2D eigenvalue weighted by atomic mass is 9.34. The molecule has 4 saturated carbocycles. The lowest BCUT2D eigenvalue weighted by molar-refractivity contribution is -0.284.